The summed E-state index contributed by atoms with van der Waals surface area (Å²) in [6, 6.07) is 6.26. The van der Waals surface area contributed by atoms with Crippen LogP contribution in [0.2, 0.25) is 0 Å². The zero-order chi connectivity index (χ0) is 17.8. The molecule has 2 amide bonds. The number of aromatic nitrogens is 1. The Morgan fingerprint density at radius 3 is 3.04 bits per heavy atom. The van der Waals surface area contributed by atoms with Crippen molar-refractivity contribution in [2.75, 3.05) is 20.1 Å². The van der Waals surface area contributed by atoms with Crippen LogP contribution in [0.25, 0.3) is 10.6 Å². The number of nitrogens with zero attached hydrogens (tertiary/aromatic N) is 2. The van der Waals surface area contributed by atoms with Crippen LogP contribution in [0.1, 0.15) is 18.5 Å². The Kier molecular flexibility index (Phi) is 5.43. The Hall–Kier alpha value is -2.28. The van der Waals surface area contributed by atoms with E-state index < -0.39 is 0 Å². The number of amides is 2. The molecule has 25 heavy (non-hydrogen) atoms. The van der Waals surface area contributed by atoms with Gasteiger partial charge in [0.1, 0.15) is 10.8 Å². The third-order valence-electron chi connectivity index (χ3n) is 4.35. The molecule has 132 valence electrons. The number of carbonyl (C=O) groups is 2. The molecule has 0 radical (unpaired) electrons. The molecule has 1 aromatic carbocycles. The normalized spacial score (nSPS) is 17.4. The van der Waals surface area contributed by atoms with Gasteiger partial charge in [-0.15, -0.1) is 11.3 Å². The first kappa shape index (κ1) is 17.5. The number of piperidine rings is 1. The van der Waals surface area contributed by atoms with Gasteiger partial charge in [-0.1, -0.05) is 12.1 Å². The van der Waals surface area contributed by atoms with Crippen LogP contribution in [0.4, 0.5) is 4.39 Å². The van der Waals surface area contributed by atoms with Crippen LogP contribution >= 0.6 is 11.3 Å². The molecule has 1 unspecified atom stereocenters. The average Bonchev–Trinajstić information content (AvgIpc) is 3.09. The van der Waals surface area contributed by atoms with Crippen molar-refractivity contribution in [2.45, 2.75) is 19.3 Å². The summed E-state index contributed by atoms with van der Waals surface area (Å²) >= 11 is 1.40. The Bertz CT molecular complexity index is 777. The van der Waals surface area contributed by atoms with Crippen molar-refractivity contribution in [3.63, 3.8) is 0 Å². The van der Waals surface area contributed by atoms with Crippen molar-refractivity contribution < 1.29 is 14.0 Å². The molecule has 7 heteroatoms. The summed E-state index contributed by atoms with van der Waals surface area (Å²) in [5, 5.41) is 5.18. The highest BCUT2D eigenvalue weighted by Crippen LogP contribution is 2.25. The van der Waals surface area contributed by atoms with Crippen LogP contribution in [0.5, 0.6) is 0 Å². The van der Waals surface area contributed by atoms with Crippen molar-refractivity contribution in [1.82, 2.24) is 15.2 Å². The second-order valence-electron chi connectivity index (χ2n) is 6.12. The lowest BCUT2D eigenvalue weighted by atomic mass is 9.97. The summed E-state index contributed by atoms with van der Waals surface area (Å²) in [4.78, 5) is 30.5. The molecule has 0 saturated carbocycles. The first-order chi connectivity index (χ1) is 12.1. The zero-order valence-electron chi connectivity index (χ0n) is 14.0. The smallest absolute Gasteiger partial charge is 0.228 e. The molecular weight excluding hydrogens is 341 g/mol. The van der Waals surface area contributed by atoms with Crippen LogP contribution in [0.3, 0.4) is 0 Å². The lowest BCUT2D eigenvalue weighted by molar-refractivity contribution is -0.135. The van der Waals surface area contributed by atoms with Gasteiger partial charge in [0.05, 0.1) is 18.0 Å². The first-order valence-corrected chi connectivity index (χ1v) is 9.14. The maximum atomic E-state index is 13.3. The predicted molar refractivity (Wildman–Crippen MR) is 94.6 cm³/mol. The van der Waals surface area contributed by atoms with Crippen molar-refractivity contribution >= 4 is 23.2 Å². The number of carbonyl (C=O) groups excluding carboxylic acids is 2. The van der Waals surface area contributed by atoms with E-state index in [1.54, 1.807) is 24.1 Å². The van der Waals surface area contributed by atoms with E-state index in [9.17, 15) is 14.0 Å². The quantitative estimate of drug-likeness (QED) is 0.910. The zero-order valence-corrected chi connectivity index (χ0v) is 14.8. The number of thiazole rings is 1. The second kappa shape index (κ2) is 7.74. The maximum absolute atomic E-state index is 13.3. The van der Waals surface area contributed by atoms with Gasteiger partial charge in [-0.05, 0) is 25.0 Å². The summed E-state index contributed by atoms with van der Waals surface area (Å²) < 4.78 is 13.3. The lowest BCUT2D eigenvalue weighted by Crippen LogP contribution is -2.45. The molecule has 1 N–H and O–H groups in total. The van der Waals surface area contributed by atoms with Gasteiger partial charge in [0, 0.05) is 31.1 Å². The van der Waals surface area contributed by atoms with Crippen LogP contribution in [0.15, 0.2) is 29.6 Å². The minimum Gasteiger partial charge on any atom is -0.359 e. The van der Waals surface area contributed by atoms with E-state index in [0.717, 1.165) is 12.8 Å². The molecule has 1 saturated heterocycles. The fourth-order valence-electron chi connectivity index (χ4n) is 3.03. The third kappa shape index (κ3) is 4.22. The van der Waals surface area contributed by atoms with E-state index >= 15 is 0 Å². The van der Waals surface area contributed by atoms with Gasteiger partial charge >= 0.3 is 0 Å². The number of benzene rings is 1. The van der Waals surface area contributed by atoms with Gasteiger partial charge in [-0.3, -0.25) is 9.59 Å². The number of nitrogens with one attached hydrogen (secondary N) is 1. The first-order valence-electron chi connectivity index (χ1n) is 8.26. The van der Waals surface area contributed by atoms with Crippen molar-refractivity contribution in [3.8, 4) is 10.6 Å². The summed E-state index contributed by atoms with van der Waals surface area (Å²) in [7, 11) is 1.62. The number of hydrogen-bond acceptors (Lipinski definition) is 4. The molecule has 0 aliphatic carbocycles. The molecule has 2 heterocycles. The molecule has 1 aromatic heterocycles. The highest BCUT2D eigenvalue weighted by molar-refractivity contribution is 7.13. The van der Waals surface area contributed by atoms with E-state index in [4.69, 9.17) is 0 Å². The Labute approximate surface area is 149 Å². The number of hydrogen-bond donors (Lipinski definition) is 1. The highest BCUT2D eigenvalue weighted by atomic mass is 32.1. The SMILES string of the molecule is CNC(=O)C1CCCN(C(=O)Cc2csc(-c3cccc(F)c3)n2)C1. The van der Waals surface area contributed by atoms with Crippen LogP contribution in [0, 0.1) is 11.7 Å². The summed E-state index contributed by atoms with van der Waals surface area (Å²) in [5.74, 6) is -0.482. The van der Waals surface area contributed by atoms with E-state index in [-0.39, 0.29) is 30.0 Å². The number of halogens is 1. The van der Waals surface area contributed by atoms with E-state index in [1.165, 1.54) is 23.5 Å². The van der Waals surface area contributed by atoms with Crippen LogP contribution in [-0.4, -0.2) is 41.8 Å². The van der Waals surface area contributed by atoms with Gasteiger partial charge in [-0.2, -0.15) is 0 Å². The van der Waals surface area contributed by atoms with Gasteiger partial charge in [0.25, 0.3) is 0 Å². The molecule has 1 fully saturated rings. The molecule has 1 aliphatic rings. The minimum atomic E-state index is -0.307. The Morgan fingerprint density at radius 1 is 1.44 bits per heavy atom. The lowest BCUT2D eigenvalue weighted by Gasteiger charge is -2.31. The van der Waals surface area contributed by atoms with Gasteiger partial charge in [0.2, 0.25) is 11.8 Å². The Morgan fingerprint density at radius 2 is 2.28 bits per heavy atom. The molecule has 3 rings (SSSR count). The number of likely N-dealkylation sites (tertiary alicyclic amines) is 1. The van der Waals surface area contributed by atoms with Crippen LogP contribution < -0.4 is 5.32 Å². The van der Waals surface area contributed by atoms with Crippen molar-refractivity contribution in [3.05, 3.63) is 41.2 Å². The average molecular weight is 361 g/mol. The van der Waals surface area contributed by atoms with E-state index in [0.29, 0.717) is 29.4 Å². The molecular formula is C18H20FN3O2S. The number of rotatable bonds is 4. The molecule has 2 aromatic rings. The molecule has 0 bridgehead atoms. The third-order valence-corrected chi connectivity index (χ3v) is 5.29. The van der Waals surface area contributed by atoms with Gasteiger partial charge in [-0.25, -0.2) is 9.37 Å². The minimum absolute atomic E-state index is 0.0143. The monoisotopic (exact) mass is 361 g/mol. The Balaban J connectivity index is 1.64. The van der Waals surface area contributed by atoms with E-state index in [1.807, 2.05) is 5.38 Å². The molecule has 1 atom stereocenters. The second-order valence-corrected chi connectivity index (χ2v) is 6.98. The van der Waals surface area contributed by atoms with Gasteiger partial charge < -0.3 is 10.2 Å². The fraction of sp³-hybridized carbons (Fsp3) is 0.389. The van der Waals surface area contributed by atoms with Crippen LogP contribution in [-0.2, 0) is 16.0 Å². The maximum Gasteiger partial charge on any atom is 0.228 e. The topological polar surface area (TPSA) is 62.3 Å². The largest absolute Gasteiger partial charge is 0.359 e. The van der Waals surface area contributed by atoms with Gasteiger partial charge in [0.15, 0.2) is 0 Å². The van der Waals surface area contributed by atoms with Crippen molar-refractivity contribution in [1.29, 1.82) is 0 Å². The summed E-state index contributed by atoms with van der Waals surface area (Å²) in [6.45, 7) is 1.13. The molecule has 0 spiro atoms. The van der Waals surface area contributed by atoms with E-state index in [2.05, 4.69) is 10.3 Å². The fourth-order valence-corrected chi connectivity index (χ4v) is 3.85. The standard InChI is InChI=1S/C18H20FN3O2S/c1-20-17(24)13-5-3-7-22(10-13)16(23)9-15-11-25-18(21-15)12-4-2-6-14(19)8-12/h2,4,6,8,11,13H,3,5,7,9-10H2,1H3,(H,20,24). The summed E-state index contributed by atoms with van der Waals surface area (Å²) in [5.41, 5.74) is 1.39. The predicted octanol–water partition coefficient (Wildman–Crippen LogP) is 2.48. The summed E-state index contributed by atoms with van der Waals surface area (Å²) in [6.07, 6.45) is 1.84. The highest BCUT2D eigenvalue weighted by Gasteiger charge is 2.28. The molecule has 5 nitrogen and oxygen atoms in total. The van der Waals surface area contributed by atoms with Crippen molar-refractivity contribution in [2.24, 2.45) is 5.92 Å². The molecule has 1 aliphatic heterocycles.